The zero-order valence-electron chi connectivity index (χ0n) is 17.8. The lowest BCUT2D eigenvalue weighted by molar-refractivity contribution is -0.147. The van der Waals surface area contributed by atoms with Crippen LogP contribution >= 0.6 is 0 Å². The summed E-state index contributed by atoms with van der Waals surface area (Å²) in [6.45, 7) is 3.24. The Bertz CT molecular complexity index is 1330. The molecule has 0 amide bonds. The number of nitrogens with one attached hydrogen (secondary N) is 1. The highest BCUT2D eigenvalue weighted by molar-refractivity contribution is 5.99. The molecule has 3 N–H and O–H groups in total. The van der Waals surface area contributed by atoms with Crippen molar-refractivity contribution in [3.05, 3.63) is 65.5 Å². The standard InChI is InChI=1S/C22H21F3N8/c1-13-14(11-28-17-4-2-3-16-15(17)7-8-27-20(16)26)5-6-18(29-13)32-9-10-33-19(12-32)30-31-21(33)22(23,24)25/h2-8,28H,9-12H2,1H3,(H2,26,27). The van der Waals surface area contributed by atoms with Crippen LogP contribution in [0.2, 0.25) is 0 Å². The van der Waals surface area contributed by atoms with Crippen LogP contribution < -0.4 is 16.0 Å². The number of benzene rings is 1. The summed E-state index contributed by atoms with van der Waals surface area (Å²) in [6.07, 6.45) is -2.83. The van der Waals surface area contributed by atoms with Crippen molar-refractivity contribution in [2.24, 2.45) is 0 Å². The third kappa shape index (κ3) is 3.90. The summed E-state index contributed by atoms with van der Waals surface area (Å²) in [4.78, 5) is 10.7. The summed E-state index contributed by atoms with van der Waals surface area (Å²) in [5.41, 5.74) is 8.77. The fraction of sp³-hybridized carbons (Fsp3) is 0.273. The number of pyridine rings is 2. The van der Waals surface area contributed by atoms with Gasteiger partial charge in [-0.25, -0.2) is 9.97 Å². The number of halogens is 3. The molecule has 5 rings (SSSR count). The Morgan fingerprint density at radius 1 is 1.06 bits per heavy atom. The van der Waals surface area contributed by atoms with Crippen LogP contribution in [0, 0.1) is 6.92 Å². The van der Waals surface area contributed by atoms with Gasteiger partial charge < -0.3 is 20.5 Å². The molecule has 0 spiro atoms. The second kappa shape index (κ2) is 7.91. The summed E-state index contributed by atoms with van der Waals surface area (Å²) in [6, 6.07) is 11.6. The van der Waals surface area contributed by atoms with E-state index in [1.165, 1.54) is 0 Å². The van der Waals surface area contributed by atoms with Crippen LogP contribution in [0.25, 0.3) is 10.8 Å². The van der Waals surface area contributed by atoms with Gasteiger partial charge in [0.2, 0.25) is 5.82 Å². The number of nitrogens with zero attached hydrogens (tertiary/aromatic N) is 6. The van der Waals surface area contributed by atoms with Gasteiger partial charge in [0, 0.05) is 48.0 Å². The van der Waals surface area contributed by atoms with E-state index in [0.717, 1.165) is 32.3 Å². The SMILES string of the molecule is Cc1nc(N2CCn3c(nnc3C(F)(F)F)C2)ccc1CNc1cccc2c(N)nccc12. The van der Waals surface area contributed by atoms with Crippen LogP contribution in [-0.4, -0.2) is 31.3 Å². The van der Waals surface area contributed by atoms with Crippen molar-refractivity contribution in [1.29, 1.82) is 0 Å². The average Bonchev–Trinajstić information content (AvgIpc) is 3.22. The van der Waals surface area contributed by atoms with Crippen molar-refractivity contribution in [3.63, 3.8) is 0 Å². The molecule has 170 valence electrons. The average molecular weight is 454 g/mol. The largest absolute Gasteiger partial charge is 0.451 e. The summed E-state index contributed by atoms with van der Waals surface area (Å²) in [5.74, 6) is 0.512. The quantitative estimate of drug-likeness (QED) is 0.485. The monoisotopic (exact) mass is 454 g/mol. The minimum absolute atomic E-state index is 0.153. The Morgan fingerprint density at radius 3 is 2.70 bits per heavy atom. The van der Waals surface area contributed by atoms with E-state index in [2.05, 4.69) is 20.5 Å². The van der Waals surface area contributed by atoms with Crippen molar-refractivity contribution in [2.45, 2.75) is 32.7 Å². The fourth-order valence-electron chi connectivity index (χ4n) is 4.08. The van der Waals surface area contributed by atoms with Gasteiger partial charge in [0.05, 0.1) is 6.54 Å². The van der Waals surface area contributed by atoms with Crippen LogP contribution in [0.3, 0.4) is 0 Å². The first kappa shape index (κ1) is 21.0. The highest BCUT2D eigenvalue weighted by atomic mass is 19.4. The van der Waals surface area contributed by atoms with Gasteiger partial charge in [0.25, 0.3) is 0 Å². The van der Waals surface area contributed by atoms with E-state index in [1.807, 2.05) is 48.2 Å². The number of alkyl halides is 3. The molecule has 3 aromatic heterocycles. The van der Waals surface area contributed by atoms with E-state index in [1.54, 1.807) is 6.20 Å². The van der Waals surface area contributed by atoms with E-state index in [-0.39, 0.29) is 18.9 Å². The summed E-state index contributed by atoms with van der Waals surface area (Å²) >= 11 is 0. The zero-order valence-corrected chi connectivity index (χ0v) is 17.8. The first-order valence-electron chi connectivity index (χ1n) is 10.4. The number of rotatable bonds is 4. The molecule has 4 aromatic rings. The van der Waals surface area contributed by atoms with Crippen LogP contribution in [0.15, 0.2) is 42.6 Å². The minimum Gasteiger partial charge on any atom is -0.383 e. The number of fused-ring (bicyclic) bond motifs is 2. The van der Waals surface area contributed by atoms with Gasteiger partial charge >= 0.3 is 6.18 Å². The van der Waals surface area contributed by atoms with Gasteiger partial charge in [-0.15, -0.1) is 10.2 Å². The molecule has 0 unspecified atom stereocenters. The Balaban J connectivity index is 1.32. The van der Waals surface area contributed by atoms with Gasteiger partial charge in [-0.05, 0) is 30.7 Å². The molecule has 0 fully saturated rings. The lowest BCUT2D eigenvalue weighted by Crippen LogP contribution is -2.35. The lowest BCUT2D eigenvalue weighted by atomic mass is 10.1. The van der Waals surface area contributed by atoms with E-state index >= 15 is 0 Å². The Kier molecular flexibility index (Phi) is 5.03. The number of anilines is 3. The molecule has 1 aromatic carbocycles. The fourth-order valence-corrected chi connectivity index (χ4v) is 4.08. The number of nitrogens with two attached hydrogens (primary N) is 1. The highest BCUT2D eigenvalue weighted by Crippen LogP contribution is 2.31. The predicted octanol–water partition coefficient (Wildman–Crippen LogP) is 3.76. The molecular weight excluding hydrogens is 433 g/mol. The number of aryl methyl sites for hydroxylation is 1. The van der Waals surface area contributed by atoms with Gasteiger partial charge in [-0.1, -0.05) is 18.2 Å². The molecule has 1 aliphatic rings. The minimum atomic E-state index is -4.51. The molecule has 11 heteroatoms. The first-order chi connectivity index (χ1) is 15.8. The molecule has 8 nitrogen and oxygen atoms in total. The molecule has 0 aliphatic carbocycles. The van der Waals surface area contributed by atoms with Crippen LogP contribution in [0.4, 0.5) is 30.5 Å². The Hall–Kier alpha value is -3.89. The normalized spacial score (nSPS) is 13.9. The van der Waals surface area contributed by atoms with E-state index in [0.29, 0.717) is 24.7 Å². The summed E-state index contributed by atoms with van der Waals surface area (Å²) in [5, 5.41) is 12.4. The number of nitrogen functional groups attached to an aromatic ring is 1. The molecule has 0 atom stereocenters. The molecule has 0 radical (unpaired) electrons. The third-order valence-electron chi connectivity index (χ3n) is 5.82. The maximum absolute atomic E-state index is 13.1. The third-order valence-corrected chi connectivity index (χ3v) is 5.82. The van der Waals surface area contributed by atoms with Gasteiger partial charge in [-0.2, -0.15) is 13.2 Å². The van der Waals surface area contributed by atoms with E-state index < -0.39 is 12.0 Å². The van der Waals surface area contributed by atoms with Crippen molar-refractivity contribution in [2.75, 3.05) is 22.5 Å². The molecular formula is C22H21F3N8. The maximum atomic E-state index is 13.1. The van der Waals surface area contributed by atoms with Crippen LogP contribution in [0.5, 0.6) is 0 Å². The summed E-state index contributed by atoms with van der Waals surface area (Å²) in [7, 11) is 0. The van der Waals surface area contributed by atoms with E-state index in [4.69, 9.17) is 10.7 Å². The van der Waals surface area contributed by atoms with Crippen molar-refractivity contribution >= 4 is 28.1 Å². The zero-order chi connectivity index (χ0) is 23.2. The molecule has 1 aliphatic heterocycles. The van der Waals surface area contributed by atoms with Gasteiger partial charge in [0.15, 0.2) is 5.82 Å². The first-order valence-corrected chi connectivity index (χ1v) is 10.4. The number of hydrogen-bond donors (Lipinski definition) is 2. The van der Waals surface area contributed by atoms with Crippen LogP contribution in [-0.2, 0) is 25.8 Å². The maximum Gasteiger partial charge on any atom is 0.451 e. The molecule has 0 saturated heterocycles. The second-order valence-corrected chi connectivity index (χ2v) is 7.88. The second-order valence-electron chi connectivity index (χ2n) is 7.88. The van der Waals surface area contributed by atoms with Crippen molar-refractivity contribution in [3.8, 4) is 0 Å². The summed E-state index contributed by atoms with van der Waals surface area (Å²) < 4.78 is 40.3. The van der Waals surface area contributed by atoms with E-state index in [9.17, 15) is 13.2 Å². The van der Waals surface area contributed by atoms with Gasteiger partial charge in [-0.3, -0.25) is 0 Å². The predicted molar refractivity (Wildman–Crippen MR) is 119 cm³/mol. The molecule has 0 saturated carbocycles. The lowest BCUT2D eigenvalue weighted by Gasteiger charge is -2.29. The Morgan fingerprint density at radius 2 is 1.91 bits per heavy atom. The van der Waals surface area contributed by atoms with Gasteiger partial charge in [0.1, 0.15) is 11.6 Å². The number of hydrogen-bond acceptors (Lipinski definition) is 7. The highest BCUT2D eigenvalue weighted by Gasteiger charge is 2.39. The van der Waals surface area contributed by atoms with Crippen molar-refractivity contribution in [1.82, 2.24) is 24.7 Å². The molecule has 0 bridgehead atoms. The van der Waals surface area contributed by atoms with Crippen LogP contribution in [0.1, 0.15) is 22.9 Å². The molecule has 33 heavy (non-hydrogen) atoms. The Labute approximate surface area is 187 Å². The molecule has 4 heterocycles. The van der Waals surface area contributed by atoms with Crippen molar-refractivity contribution < 1.29 is 13.2 Å². The topological polar surface area (TPSA) is 97.8 Å². The number of aromatic nitrogens is 5. The smallest absolute Gasteiger partial charge is 0.383 e.